The summed E-state index contributed by atoms with van der Waals surface area (Å²) in [4.78, 5) is 8.48. The van der Waals surface area contributed by atoms with E-state index in [4.69, 9.17) is 15.7 Å². The maximum absolute atomic E-state index is 8.67. The Morgan fingerprint density at radius 2 is 2.19 bits per heavy atom. The fourth-order valence-corrected chi connectivity index (χ4v) is 1.21. The number of aromatic nitrogens is 2. The highest BCUT2D eigenvalue weighted by molar-refractivity contribution is 5.47. The molecule has 0 bridgehead atoms. The van der Waals surface area contributed by atoms with Crippen molar-refractivity contribution < 1.29 is 9.84 Å². The van der Waals surface area contributed by atoms with Crippen molar-refractivity contribution in [2.45, 2.75) is 26.7 Å². The van der Waals surface area contributed by atoms with Gasteiger partial charge < -0.3 is 15.3 Å². The van der Waals surface area contributed by atoms with E-state index < -0.39 is 0 Å². The zero-order valence-corrected chi connectivity index (χ0v) is 9.66. The molecule has 1 heterocycles. The van der Waals surface area contributed by atoms with Gasteiger partial charge in [-0.2, -0.15) is 4.98 Å². The predicted octanol–water partition coefficient (Wildman–Crippen LogP) is 0.394. The molecule has 4 N–H and O–H groups in total. The molecule has 0 spiro atoms. The second-order valence-electron chi connectivity index (χ2n) is 3.34. The van der Waals surface area contributed by atoms with Crippen molar-refractivity contribution in [1.29, 1.82) is 0 Å². The minimum atomic E-state index is 0.104. The second-order valence-corrected chi connectivity index (χ2v) is 3.34. The molecule has 1 rings (SSSR count). The van der Waals surface area contributed by atoms with Crippen LogP contribution in [-0.2, 0) is 6.42 Å². The number of nitrogens with one attached hydrogen (secondary N) is 1. The van der Waals surface area contributed by atoms with Gasteiger partial charge in [0.05, 0.1) is 12.2 Å². The number of aliphatic hydroxyl groups is 1. The SMILES string of the molecule is CCc1nc(NN)c(C)c(OCCCO)n1. The lowest BCUT2D eigenvalue weighted by Crippen LogP contribution is -2.14. The number of hydrogen-bond acceptors (Lipinski definition) is 6. The first kappa shape index (κ1) is 12.7. The third-order valence-corrected chi connectivity index (χ3v) is 2.14. The molecule has 16 heavy (non-hydrogen) atoms. The van der Waals surface area contributed by atoms with Gasteiger partial charge in [0.25, 0.3) is 0 Å². The van der Waals surface area contributed by atoms with Gasteiger partial charge in [-0.25, -0.2) is 10.8 Å². The highest BCUT2D eigenvalue weighted by atomic mass is 16.5. The van der Waals surface area contributed by atoms with Crippen molar-refractivity contribution in [3.8, 4) is 5.88 Å². The summed E-state index contributed by atoms with van der Waals surface area (Å²) >= 11 is 0. The summed E-state index contributed by atoms with van der Waals surface area (Å²) in [7, 11) is 0. The zero-order chi connectivity index (χ0) is 12.0. The molecule has 0 aliphatic carbocycles. The monoisotopic (exact) mass is 226 g/mol. The summed E-state index contributed by atoms with van der Waals surface area (Å²) in [5, 5.41) is 8.67. The van der Waals surface area contributed by atoms with Crippen molar-refractivity contribution in [3.63, 3.8) is 0 Å². The number of aliphatic hydroxyl groups excluding tert-OH is 1. The highest BCUT2D eigenvalue weighted by Crippen LogP contribution is 2.21. The molecule has 0 atom stereocenters. The minimum absolute atomic E-state index is 0.104. The van der Waals surface area contributed by atoms with E-state index in [1.807, 2.05) is 13.8 Å². The normalized spacial score (nSPS) is 10.2. The van der Waals surface area contributed by atoms with Crippen LogP contribution in [0.15, 0.2) is 0 Å². The van der Waals surface area contributed by atoms with Crippen LogP contribution in [0.25, 0.3) is 0 Å². The summed E-state index contributed by atoms with van der Waals surface area (Å²) in [5.41, 5.74) is 3.30. The van der Waals surface area contributed by atoms with E-state index in [9.17, 15) is 0 Å². The van der Waals surface area contributed by atoms with Gasteiger partial charge in [-0.3, -0.25) is 0 Å². The Bertz CT molecular complexity index is 344. The molecule has 0 aliphatic rings. The number of anilines is 1. The van der Waals surface area contributed by atoms with Crippen molar-refractivity contribution in [1.82, 2.24) is 9.97 Å². The molecule has 1 aromatic rings. The molecule has 0 aromatic carbocycles. The third kappa shape index (κ3) is 3.04. The minimum Gasteiger partial charge on any atom is -0.477 e. The first-order valence-corrected chi connectivity index (χ1v) is 5.30. The highest BCUT2D eigenvalue weighted by Gasteiger charge is 2.10. The molecule has 6 heteroatoms. The van der Waals surface area contributed by atoms with E-state index in [-0.39, 0.29) is 6.61 Å². The number of ether oxygens (including phenoxy) is 1. The van der Waals surface area contributed by atoms with Gasteiger partial charge in [0, 0.05) is 19.4 Å². The number of nitrogens with zero attached hydrogens (tertiary/aromatic N) is 2. The van der Waals surface area contributed by atoms with Gasteiger partial charge in [0.2, 0.25) is 5.88 Å². The first-order valence-electron chi connectivity index (χ1n) is 5.30. The van der Waals surface area contributed by atoms with Crippen molar-refractivity contribution in [3.05, 3.63) is 11.4 Å². The van der Waals surface area contributed by atoms with Crippen LogP contribution in [0.4, 0.5) is 5.82 Å². The van der Waals surface area contributed by atoms with Gasteiger partial charge in [-0.1, -0.05) is 6.92 Å². The molecule has 1 aromatic heterocycles. The Labute approximate surface area is 94.8 Å². The van der Waals surface area contributed by atoms with Crippen molar-refractivity contribution >= 4 is 5.82 Å². The summed E-state index contributed by atoms with van der Waals surface area (Å²) in [6, 6.07) is 0. The van der Waals surface area contributed by atoms with Gasteiger partial charge in [0.1, 0.15) is 11.6 Å². The summed E-state index contributed by atoms with van der Waals surface area (Å²) in [6.45, 7) is 4.33. The maximum Gasteiger partial charge on any atom is 0.221 e. The molecule has 0 radical (unpaired) electrons. The molecule has 6 nitrogen and oxygen atoms in total. The molecule has 0 amide bonds. The van der Waals surface area contributed by atoms with E-state index >= 15 is 0 Å². The molecule has 90 valence electrons. The quantitative estimate of drug-likeness (QED) is 0.369. The van der Waals surface area contributed by atoms with Gasteiger partial charge in [-0.05, 0) is 6.92 Å². The number of hydrogen-bond donors (Lipinski definition) is 3. The van der Waals surface area contributed by atoms with Gasteiger partial charge in [-0.15, -0.1) is 0 Å². The topological polar surface area (TPSA) is 93.3 Å². The fourth-order valence-electron chi connectivity index (χ4n) is 1.21. The molecule has 0 unspecified atom stereocenters. The summed E-state index contributed by atoms with van der Waals surface area (Å²) in [6.07, 6.45) is 1.29. The van der Waals surface area contributed by atoms with E-state index in [0.29, 0.717) is 37.0 Å². The fraction of sp³-hybridized carbons (Fsp3) is 0.600. The van der Waals surface area contributed by atoms with Gasteiger partial charge >= 0.3 is 0 Å². The standard InChI is InChI=1S/C10H18N4O2/c1-3-8-12-9(14-11)7(2)10(13-8)16-6-4-5-15/h15H,3-6,11H2,1-2H3,(H,12,13,14). The lowest BCUT2D eigenvalue weighted by Gasteiger charge is -2.11. The number of nitrogens with two attached hydrogens (primary N) is 1. The molecule has 0 fully saturated rings. The van der Waals surface area contributed by atoms with E-state index in [1.165, 1.54) is 0 Å². The molecular formula is C10H18N4O2. The maximum atomic E-state index is 8.67. The van der Waals surface area contributed by atoms with E-state index in [2.05, 4.69) is 15.4 Å². The molecule has 0 saturated heterocycles. The lowest BCUT2D eigenvalue weighted by atomic mass is 10.3. The smallest absolute Gasteiger partial charge is 0.221 e. The van der Waals surface area contributed by atoms with Crippen LogP contribution < -0.4 is 16.0 Å². The van der Waals surface area contributed by atoms with Crippen molar-refractivity contribution in [2.75, 3.05) is 18.6 Å². The van der Waals surface area contributed by atoms with Crippen molar-refractivity contribution in [2.24, 2.45) is 5.84 Å². The van der Waals surface area contributed by atoms with Crippen LogP contribution in [0.1, 0.15) is 24.7 Å². The summed E-state index contributed by atoms with van der Waals surface area (Å²) in [5.74, 6) is 7.14. The molecule has 0 aliphatic heterocycles. The summed E-state index contributed by atoms with van der Waals surface area (Å²) < 4.78 is 5.46. The first-order chi connectivity index (χ1) is 7.72. The van der Waals surface area contributed by atoms with Crippen LogP contribution in [-0.4, -0.2) is 28.3 Å². The Morgan fingerprint density at radius 1 is 1.44 bits per heavy atom. The van der Waals surface area contributed by atoms with Crippen LogP contribution in [0.5, 0.6) is 5.88 Å². The number of aryl methyl sites for hydroxylation is 1. The Kier molecular flexibility index (Phi) is 4.94. The average molecular weight is 226 g/mol. The number of rotatable bonds is 6. The number of nitrogen functional groups attached to an aromatic ring is 1. The average Bonchev–Trinajstić information content (AvgIpc) is 2.31. The largest absolute Gasteiger partial charge is 0.477 e. The van der Waals surface area contributed by atoms with E-state index in [0.717, 1.165) is 5.56 Å². The van der Waals surface area contributed by atoms with Crippen LogP contribution in [0.2, 0.25) is 0 Å². The van der Waals surface area contributed by atoms with Gasteiger partial charge in [0.15, 0.2) is 0 Å². The lowest BCUT2D eigenvalue weighted by molar-refractivity contribution is 0.228. The Morgan fingerprint density at radius 3 is 2.75 bits per heavy atom. The van der Waals surface area contributed by atoms with Crippen LogP contribution in [0.3, 0.4) is 0 Å². The second kappa shape index (κ2) is 6.24. The molecule has 0 saturated carbocycles. The van der Waals surface area contributed by atoms with E-state index in [1.54, 1.807) is 0 Å². The predicted molar refractivity (Wildman–Crippen MR) is 61.2 cm³/mol. The van der Waals surface area contributed by atoms with Crippen LogP contribution in [0, 0.1) is 6.92 Å². The molecular weight excluding hydrogens is 208 g/mol. The Balaban J connectivity index is 2.88. The van der Waals surface area contributed by atoms with Crippen LogP contribution >= 0.6 is 0 Å². The zero-order valence-electron chi connectivity index (χ0n) is 9.66. The third-order valence-electron chi connectivity index (χ3n) is 2.14. The number of hydrazine groups is 1. The Hall–Kier alpha value is -1.40.